The average Bonchev–Trinajstić information content (AvgIpc) is 2.37. The second-order valence-electron chi connectivity index (χ2n) is 4.40. The molecule has 0 aromatic heterocycles. The van der Waals surface area contributed by atoms with E-state index in [2.05, 4.69) is 18.8 Å². The molecule has 0 spiro atoms. The summed E-state index contributed by atoms with van der Waals surface area (Å²) in [7, 11) is 1.66. The highest BCUT2D eigenvalue weighted by Crippen LogP contribution is 2.25. The molecule has 0 saturated heterocycles. The van der Waals surface area contributed by atoms with E-state index in [0.717, 1.165) is 42.1 Å². The lowest BCUT2D eigenvalue weighted by atomic mass is 10.2. The molecule has 0 aliphatic carbocycles. The molecule has 0 bridgehead atoms. The summed E-state index contributed by atoms with van der Waals surface area (Å²) >= 11 is 0. The van der Waals surface area contributed by atoms with Crippen molar-refractivity contribution in [2.75, 3.05) is 20.3 Å². The van der Waals surface area contributed by atoms with E-state index in [1.54, 1.807) is 7.11 Å². The van der Waals surface area contributed by atoms with E-state index >= 15 is 0 Å². The Kier molecular flexibility index (Phi) is 6.29. The number of hydrogen-bond acceptors (Lipinski definition) is 3. The molecule has 0 unspecified atom stereocenters. The van der Waals surface area contributed by atoms with Crippen LogP contribution in [0.1, 0.15) is 25.8 Å². The largest absolute Gasteiger partial charge is 0.497 e. The summed E-state index contributed by atoms with van der Waals surface area (Å²) in [6.45, 7) is 10.3. The Hall–Kier alpha value is -1.48. The minimum absolute atomic E-state index is 0.536. The van der Waals surface area contributed by atoms with Crippen LogP contribution in [0.3, 0.4) is 0 Å². The Bertz CT molecular complexity index is 388. The predicted molar refractivity (Wildman–Crippen MR) is 75.3 cm³/mol. The van der Waals surface area contributed by atoms with Crippen LogP contribution in [0.15, 0.2) is 30.4 Å². The van der Waals surface area contributed by atoms with Gasteiger partial charge in [0.25, 0.3) is 0 Å². The molecule has 0 aliphatic heterocycles. The molecule has 0 fully saturated rings. The first kappa shape index (κ1) is 14.6. The van der Waals surface area contributed by atoms with Crippen molar-refractivity contribution in [3.63, 3.8) is 0 Å². The second kappa shape index (κ2) is 7.77. The summed E-state index contributed by atoms with van der Waals surface area (Å²) in [6.07, 6.45) is 1.12. The van der Waals surface area contributed by atoms with Crippen LogP contribution in [0.4, 0.5) is 0 Å². The van der Waals surface area contributed by atoms with Crippen LogP contribution >= 0.6 is 0 Å². The number of methoxy groups -OCH3 is 1. The van der Waals surface area contributed by atoms with Crippen molar-refractivity contribution >= 4 is 0 Å². The molecular formula is C15H23NO2. The normalized spacial score (nSPS) is 10.2. The molecule has 0 heterocycles. The molecule has 3 nitrogen and oxygen atoms in total. The lowest BCUT2D eigenvalue weighted by Crippen LogP contribution is -2.15. The van der Waals surface area contributed by atoms with Gasteiger partial charge in [-0.15, -0.1) is 0 Å². The van der Waals surface area contributed by atoms with Gasteiger partial charge in [0.05, 0.1) is 7.11 Å². The highest BCUT2D eigenvalue weighted by Gasteiger charge is 2.05. The molecule has 0 atom stereocenters. The van der Waals surface area contributed by atoms with Gasteiger partial charge in [-0.2, -0.15) is 0 Å². The summed E-state index contributed by atoms with van der Waals surface area (Å²) in [5.74, 6) is 1.67. The van der Waals surface area contributed by atoms with Crippen molar-refractivity contribution in [3.8, 4) is 11.5 Å². The Morgan fingerprint density at radius 2 is 2.17 bits per heavy atom. The van der Waals surface area contributed by atoms with Crippen LogP contribution in [0.25, 0.3) is 0 Å². The van der Waals surface area contributed by atoms with E-state index in [9.17, 15) is 0 Å². The number of rotatable bonds is 8. The SMILES string of the molecule is C=C(C)COc1cc(OC)ccc1CNCCC. The smallest absolute Gasteiger partial charge is 0.127 e. The zero-order valence-corrected chi connectivity index (χ0v) is 11.6. The molecule has 1 aromatic rings. The van der Waals surface area contributed by atoms with Crippen molar-refractivity contribution in [2.24, 2.45) is 0 Å². The second-order valence-corrected chi connectivity index (χ2v) is 4.40. The molecule has 0 aliphatic rings. The molecule has 3 heteroatoms. The summed E-state index contributed by atoms with van der Waals surface area (Å²) in [6, 6.07) is 5.91. The van der Waals surface area contributed by atoms with Gasteiger partial charge in [-0.05, 0) is 31.5 Å². The number of hydrogen-bond donors (Lipinski definition) is 1. The van der Waals surface area contributed by atoms with E-state index in [0.29, 0.717) is 6.61 Å². The standard InChI is InChI=1S/C15H23NO2/c1-5-8-16-10-13-6-7-14(17-4)9-15(13)18-11-12(2)3/h6-7,9,16H,2,5,8,10-11H2,1,3-4H3. The number of ether oxygens (including phenoxy) is 2. The van der Waals surface area contributed by atoms with Crippen LogP contribution in [0.5, 0.6) is 11.5 Å². The maximum Gasteiger partial charge on any atom is 0.127 e. The van der Waals surface area contributed by atoms with E-state index in [4.69, 9.17) is 9.47 Å². The van der Waals surface area contributed by atoms with Gasteiger partial charge in [0.1, 0.15) is 18.1 Å². The fourth-order valence-corrected chi connectivity index (χ4v) is 1.54. The van der Waals surface area contributed by atoms with Gasteiger partial charge in [-0.1, -0.05) is 19.6 Å². The fourth-order valence-electron chi connectivity index (χ4n) is 1.54. The van der Waals surface area contributed by atoms with Crippen molar-refractivity contribution < 1.29 is 9.47 Å². The van der Waals surface area contributed by atoms with Crippen molar-refractivity contribution in [3.05, 3.63) is 35.9 Å². The quantitative estimate of drug-likeness (QED) is 0.567. The third-order valence-electron chi connectivity index (χ3n) is 2.49. The maximum absolute atomic E-state index is 5.75. The summed E-state index contributed by atoms with van der Waals surface area (Å²) in [5, 5.41) is 3.37. The van der Waals surface area contributed by atoms with Crippen molar-refractivity contribution in [2.45, 2.75) is 26.8 Å². The lowest BCUT2D eigenvalue weighted by Gasteiger charge is -2.13. The molecule has 1 N–H and O–H groups in total. The number of nitrogens with one attached hydrogen (secondary N) is 1. The van der Waals surface area contributed by atoms with E-state index in [1.165, 1.54) is 0 Å². The molecule has 0 radical (unpaired) electrons. The van der Waals surface area contributed by atoms with Gasteiger partial charge in [0.2, 0.25) is 0 Å². The maximum atomic E-state index is 5.75. The van der Waals surface area contributed by atoms with Crippen LogP contribution in [-0.4, -0.2) is 20.3 Å². The molecule has 1 rings (SSSR count). The Morgan fingerprint density at radius 1 is 1.39 bits per heavy atom. The van der Waals surface area contributed by atoms with Gasteiger partial charge >= 0.3 is 0 Å². The van der Waals surface area contributed by atoms with Crippen LogP contribution in [0, 0.1) is 0 Å². The molecule has 0 saturated carbocycles. The van der Waals surface area contributed by atoms with Gasteiger partial charge < -0.3 is 14.8 Å². The highest BCUT2D eigenvalue weighted by atomic mass is 16.5. The summed E-state index contributed by atoms with van der Waals surface area (Å²) < 4.78 is 11.0. The Balaban J connectivity index is 2.75. The Labute approximate surface area is 110 Å². The monoisotopic (exact) mass is 249 g/mol. The van der Waals surface area contributed by atoms with Gasteiger partial charge in [0, 0.05) is 18.2 Å². The predicted octanol–water partition coefficient (Wildman–Crippen LogP) is 3.15. The lowest BCUT2D eigenvalue weighted by molar-refractivity contribution is 0.342. The van der Waals surface area contributed by atoms with Crippen molar-refractivity contribution in [1.29, 1.82) is 0 Å². The van der Waals surface area contributed by atoms with Gasteiger partial charge in [0.15, 0.2) is 0 Å². The minimum Gasteiger partial charge on any atom is -0.497 e. The molecule has 18 heavy (non-hydrogen) atoms. The third-order valence-corrected chi connectivity index (χ3v) is 2.49. The summed E-state index contributed by atoms with van der Waals surface area (Å²) in [4.78, 5) is 0. The van der Waals surface area contributed by atoms with E-state index < -0.39 is 0 Å². The van der Waals surface area contributed by atoms with Crippen LogP contribution in [0.2, 0.25) is 0 Å². The fraction of sp³-hybridized carbons (Fsp3) is 0.467. The highest BCUT2D eigenvalue weighted by molar-refractivity contribution is 5.40. The van der Waals surface area contributed by atoms with Crippen molar-refractivity contribution in [1.82, 2.24) is 5.32 Å². The summed E-state index contributed by atoms with van der Waals surface area (Å²) in [5.41, 5.74) is 2.15. The third kappa shape index (κ3) is 4.80. The van der Waals surface area contributed by atoms with E-state index in [-0.39, 0.29) is 0 Å². The zero-order chi connectivity index (χ0) is 13.4. The Morgan fingerprint density at radius 3 is 2.78 bits per heavy atom. The first-order valence-corrected chi connectivity index (χ1v) is 6.32. The van der Waals surface area contributed by atoms with Crippen LogP contribution < -0.4 is 14.8 Å². The minimum atomic E-state index is 0.536. The topological polar surface area (TPSA) is 30.5 Å². The number of benzene rings is 1. The molecular weight excluding hydrogens is 226 g/mol. The zero-order valence-electron chi connectivity index (χ0n) is 11.6. The van der Waals surface area contributed by atoms with E-state index in [1.807, 2.05) is 25.1 Å². The first-order chi connectivity index (χ1) is 8.67. The van der Waals surface area contributed by atoms with Crippen LogP contribution in [-0.2, 0) is 6.54 Å². The molecule has 100 valence electrons. The average molecular weight is 249 g/mol. The molecule has 0 amide bonds. The van der Waals surface area contributed by atoms with Gasteiger partial charge in [-0.3, -0.25) is 0 Å². The van der Waals surface area contributed by atoms with Gasteiger partial charge in [-0.25, -0.2) is 0 Å². The first-order valence-electron chi connectivity index (χ1n) is 6.32. The molecule has 1 aromatic carbocycles.